The molecular formula is C13H18BrNO4. The Balaban J connectivity index is 3.64. The van der Waals surface area contributed by atoms with Crippen molar-refractivity contribution < 1.29 is 19.4 Å². The summed E-state index contributed by atoms with van der Waals surface area (Å²) in [6.07, 6.45) is 0. The largest absolute Gasteiger partial charge is 0.493 e. The highest BCUT2D eigenvalue weighted by Crippen LogP contribution is 2.44. The lowest BCUT2D eigenvalue weighted by Crippen LogP contribution is -2.23. The number of methoxy groups -OCH3 is 2. The Labute approximate surface area is 120 Å². The molecule has 1 rings (SSSR count). The molecule has 19 heavy (non-hydrogen) atoms. The van der Waals surface area contributed by atoms with Gasteiger partial charge >= 0.3 is 5.97 Å². The number of hydrogen-bond acceptors (Lipinski definition) is 4. The van der Waals surface area contributed by atoms with Crippen LogP contribution in [0.1, 0.15) is 36.9 Å². The van der Waals surface area contributed by atoms with Crippen molar-refractivity contribution in [3.63, 3.8) is 0 Å². The monoisotopic (exact) mass is 331 g/mol. The number of carboxylic acid groups (broad SMARTS) is 1. The van der Waals surface area contributed by atoms with Crippen LogP contribution in [0.5, 0.6) is 11.5 Å². The first kappa shape index (κ1) is 15.8. The topological polar surface area (TPSA) is 81.8 Å². The summed E-state index contributed by atoms with van der Waals surface area (Å²) in [5.41, 5.74) is 7.01. The molecule has 0 saturated carbocycles. The number of halogens is 1. The molecule has 0 bridgehead atoms. The first-order chi connectivity index (χ1) is 8.84. The molecule has 0 aliphatic carbocycles. The molecule has 0 saturated heterocycles. The minimum Gasteiger partial charge on any atom is -0.493 e. The Morgan fingerprint density at radius 1 is 1.32 bits per heavy atom. The van der Waals surface area contributed by atoms with E-state index in [9.17, 15) is 4.79 Å². The van der Waals surface area contributed by atoms with Crippen molar-refractivity contribution in [2.75, 3.05) is 14.2 Å². The zero-order chi connectivity index (χ0) is 14.7. The van der Waals surface area contributed by atoms with E-state index in [0.717, 1.165) is 5.56 Å². The van der Waals surface area contributed by atoms with E-state index in [1.54, 1.807) is 6.07 Å². The summed E-state index contributed by atoms with van der Waals surface area (Å²) in [5.74, 6) is 0.0180. The molecule has 1 unspecified atom stereocenters. The van der Waals surface area contributed by atoms with E-state index in [4.69, 9.17) is 20.3 Å². The number of ether oxygens (including phenoxy) is 2. The van der Waals surface area contributed by atoms with Crippen molar-refractivity contribution >= 4 is 21.9 Å². The van der Waals surface area contributed by atoms with Gasteiger partial charge in [-0.15, -0.1) is 0 Å². The molecule has 0 spiro atoms. The van der Waals surface area contributed by atoms with E-state index in [-0.39, 0.29) is 5.92 Å². The molecule has 3 N–H and O–H groups in total. The third-order valence-corrected chi connectivity index (χ3v) is 3.44. The van der Waals surface area contributed by atoms with Crippen LogP contribution in [0.4, 0.5) is 0 Å². The number of aliphatic carboxylic acids is 1. The van der Waals surface area contributed by atoms with Crippen LogP contribution in [-0.2, 0) is 4.79 Å². The second-order valence-corrected chi connectivity index (χ2v) is 5.25. The number of hydrogen-bond donors (Lipinski definition) is 2. The van der Waals surface area contributed by atoms with Gasteiger partial charge in [-0.2, -0.15) is 0 Å². The number of carboxylic acids is 1. The zero-order valence-corrected chi connectivity index (χ0v) is 12.9. The van der Waals surface area contributed by atoms with Gasteiger partial charge in [0.1, 0.15) is 6.04 Å². The minimum atomic E-state index is -1.10. The minimum absolute atomic E-state index is 0.0531. The Hall–Kier alpha value is -1.27. The van der Waals surface area contributed by atoms with Crippen molar-refractivity contribution in [2.45, 2.75) is 25.8 Å². The molecule has 0 aliphatic heterocycles. The third kappa shape index (κ3) is 3.01. The molecule has 1 atom stereocenters. The second kappa shape index (κ2) is 6.25. The first-order valence-corrected chi connectivity index (χ1v) is 6.57. The molecular weight excluding hydrogens is 314 g/mol. The van der Waals surface area contributed by atoms with Crippen LogP contribution in [0.15, 0.2) is 10.5 Å². The van der Waals surface area contributed by atoms with Crippen LogP contribution in [-0.4, -0.2) is 25.3 Å². The fourth-order valence-electron chi connectivity index (χ4n) is 2.02. The highest BCUT2D eigenvalue weighted by Gasteiger charge is 2.26. The molecule has 6 heteroatoms. The van der Waals surface area contributed by atoms with Gasteiger partial charge in [0, 0.05) is 5.56 Å². The fraction of sp³-hybridized carbons (Fsp3) is 0.462. The Bertz CT molecular complexity index is 488. The van der Waals surface area contributed by atoms with E-state index in [0.29, 0.717) is 21.5 Å². The van der Waals surface area contributed by atoms with Crippen molar-refractivity contribution in [1.29, 1.82) is 0 Å². The van der Waals surface area contributed by atoms with Crippen LogP contribution in [0.25, 0.3) is 0 Å². The summed E-state index contributed by atoms with van der Waals surface area (Å²) < 4.78 is 11.3. The Morgan fingerprint density at radius 3 is 2.21 bits per heavy atom. The smallest absolute Gasteiger partial charge is 0.325 e. The maximum atomic E-state index is 11.1. The van der Waals surface area contributed by atoms with E-state index < -0.39 is 12.0 Å². The quantitative estimate of drug-likeness (QED) is 0.866. The van der Waals surface area contributed by atoms with Crippen LogP contribution in [0.2, 0.25) is 0 Å². The molecule has 5 nitrogen and oxygen atoms in total. The van der Waals surface area contributed by atoms with Crippen molar-refractivity contribution in [3.05, 3.63) is 21.7 Å². The maximum absolute atomic E-state index is 11.1. The summed E-state index contributed by atoms with van der Waals surface area (Å²) in [6.45, 7) is 3.90. The molecule has 0 heterocycles. The van der Waals surface area contributed by atoms with Crippen LogP contribution >= 0.6 is 15.9 Å². The highest BCUT2D eigenvalue weighted by molar-refractivity contribution is 9.10. The molecule has 1 aromatic rings. The van der Waals surface area contributed by atoms with E-state index in [1.807, 2.05) is 13.8 Å². The molecule has 0 aromatic heterocycles. The van der Waals surface area contributed by atoms with Crippen molar-refractivity contribution in [3.8, 4) is 11.5 Å². The van der Waals surface area contributed by atoms with Gasteiger partial charge in [-0.25, -0.2) is 0 Å². The van der Waals surface area contributed by atoms with Crippen molar-refractivity contribution in [2.24, 2.45) is 5.73 Å². The number of benzene rings is 1. The fourth-order valence-corrected chi connectivity index (χ4v) is 2.61. The SMILES string of the molecule is COc1c(Br)cc(C(N)C(=O)O)c(C(C)C)c1OC. The molecule has 0 aliphatic rings. The van der Waals surface area contributed by atoms with Gasteiger partial charge in [0.05, 0.1) is 18.7 Å². The highest BCUT2D eigenvalue weighted by atomic mass is 79.9. The van der Waals surface area contributed by atoms with E-state index in [1.165, 1.54) is 14.2 Å². The first-order valence-electron chi connectivity index (χ1n) is 5.77. The lowest BCUT2D eigenvalue weighted by Gasteiger charge is -2.22. The molecule has 106 valence electrons. The van der Waals surface area contributed by atoms with Gasteiger partial charge in [-0.3, -0.25) is 4.79 Å². The maximum Gasteiger partial charge on any atom is 0.325 e. The van der Waals surface area contributed by atoms with Gasteiger partial charge in [0.15, 0.2) is 11.5 Å². The zero-order valence-electron chi connectivity index (χ0n) is 11.4. The summed E-state index contributed by atoms with van der Waals surface area (Å²) in [5, 5.41) is 9.11. The number of nitrogens with two attached hydrogens (primary N) is 1. The summed E-state index contributed by atoms with van der Waals surface area (Å²) in [6, 6.07) is 0.573. The molecule has 1 aromatic carbocycles. The molecule has 0 fully saturated rings. The lowest BCUT2D eigenvalue weighted by atomic mass is 9.91. The average molecular weight is 332 g/mol. The number of carbonyl (C=O) groups is 1. The average Bonchev–Trinajstić information content (AvgIpc) is 2.35. The Kier molecular flexibility index (Phi) is 5.20. The molecule has 0 radical (unpaired) electrons. The van der Waals surface area contributed by atoms with Crippen LogP contribution in [0.3, 0.4) is 0 Å². The van der Waals surface area contributed by atoms with E-state index in [2.05, 4.69) is 15.9 Å². The van der Waals surface area contributed by atoms with Gasteiger partial charge < -0.3 is 20.3 Å². The van der Waals surface area contributed by atoms with Crippen molar-refractivity contribution in [1.82, 2.24) is 0 Å². The van der Waals surface area contributed by atoms with Crippen LogP contribution < -0.4 is 15.2 Å². The predicted molar refractivity (Wildman–Crippen MR) is 75.9 cm³/mol. The third-order valence-electron chi connectivity index (χ3n) is 2.85. The van der Waals surface area contributed by atoms with Gasteiger partial charge in [-0.1, -0.05) is 13.8 Å². The Morgan fingerprint density at radius 2 is 1.84 bits per heavy atom. The van der Waals surface area contributed by atoms with Gasteiger partial charge in [-0.05, 0) is 33.5 Å². The van der Waals surface area contributed by atoms with Gasteiger partial charge in [0.2, 0.25) is 0 Å². The predicted octanol–water partition coefficient (Wildman–Crippen LogP) is 2.67. The summed E-state index contributed by atoms with van der Waals surface area (Å²) >= 11 is 3.35. The summed E-state index contributed by atoms with van der Waals surface area (Å²) in [4.78, 5) is 11.1. The lowest BCUT2D eigenvalue weighted by molar-refractivity contribution is -0.138. The normalized spacial score (nSPS) is 12.4. The second-order valence-electron chi connectivity index (χ2n) is 4.40. The van der Waals surface area contributed by atoms with Gasteiger partial charge in [0.25, 0.3) is 0 Å². The molecule has 0 amide bonds. The standard InChI is InChI=1S/C13H18BrNO4/c1-6(2)9-7(10(15)13(16)17)5-8(14)11(18-3)12(9)19-4/h5-6,10H,15H2,1-4H3,(H,16,17). The van der Waals surface area contributed by atoms with Crippen LogP contribution in [0, 0.1) is 0 Å². The number of rotatable bonds is 5. The van der Waals surface area contributed by atoms with E-state index >= 15 is 0 Å². The summed E-state index contributed by atoms with van der Waals surface area (Å²) in [7, 11) is 3.05.